The molecule has 0 bridgehead atoms. The Balaban J connectivity index is 1.79. The molecule has 20 heavy (non-hydrogen) atoms. The number of aromatic hydroxyl groups is 1. The number of phenols is 1. The van der Waals surface area contributed by atoms with Gasteiger partial charge in [-0.1, -0.05) is 18.2 Å². The summed E-state index contributed by atoms with van der Waals surface area (Å²) >= 11 is 0. The van der Waals surface area contributed by atoms with Crippen LogP contribution in [0.15, 0.2) is 54.9 Å². The van der Waals surface area contributed by atoms with Crippen molar-refractivity contribution < 1.29 is 5.11 Å². The van der Waals surface area contributed by atoms with Gasteiger partial charge in [-0.15, -0.1) is 0 Å². The van der Waals surface area contributed by atoms with Crippen molar-refractivity contribution in [3.63, 3.8) is 0 Å². The summed E-state index contributed by atoms with van der Waals surface area (Å²) in [4.78, 5) is 3.99. The largest absolute Gasteiger partial charge is 0.508 e. The molecule has 2 aromatic heterocycles. The highest BCUT2D eigenvalue weighted by molar-refractivity contribution is 5.70. The summed E-state index contributed by atoms with van der Waals surface area (Å²) in [6.07, 6.45) is 7.40. The van der Waals surface area contributed by atoms with E-state index in [0.29, 0.717) is 0 Å². The molecule has 3 aromatic rings. The predicted molar refractivity (Wildman–Crippen MR) is 78.9 cm³/mol. The van der Waals surface area contributed by atoms with Crippen LogP contribution in [0, 0.1) is 0 Å². The Kier molecular flexibility index (Phi) is 3.29. The maximum atomic E-state index is 9.23. The van der Waals surface area contributed by atoms with Crippen LogP contribution in [0.2, 0.25) is 0 Å². The topological polar surface area (TPSA) is 61.8 Å². The van der Waals surface area contributed by atoms with E-state index in [9.17, 15) is 5.11 Å². The normalized spacial score (nSPS) is 11.0. The van der Waals surface area contributed by atoms with Gasteiger partial charge in [0.15, 0.2) is 0 Å². The van der Waals surface area contributed by atoms with Crippen LogP contribution in [0.25, 0.3) is 23.4 Å². The van der Waals surface area contributed by atoms with Crippen molar-refractivity contribution in [3.8, 4) is 17.0 Å². The van der Waals surface area contributed by atoms with Gasteiger partial charge in [-0.05, 0) is 42.0 Å². The van der Waals surface area contributed by atoms with Gasteiger partial charge >= 0.3 is 0 Å². The zero-order chi connectivity index (χ0) is 13.8. The first kappa shape index (κ1) is 12.2. The van der Waals surface area contributed by atoms with Gasteiger partial charge in [0.2, 0.25) is 0 Å². The van der Waals surface area contributed by atoms with Crippen LogP contribution in [-0.4, -0.2) is 20.3 Å². The lowest BCUT2D eigenvalue weighted by atomic mass is 10.1. The third-order valence-corrected chi connectivity index (χ3v) is 2.92. The highest BCUT2D eigenvalue weighted by Crippen LogP contribution is 2.18. The van der Waals surface area contributed by atoms with Crippen LogP contribution in [0.3, 0.4) is 0 Å². The lowest BCUT2D eigenvalue weighted by Gasteiger charge is -1.93. The van der Waals surface area contributed by atoms with Crippen molar-refractivity contribution >= 4 is 12.2 Å². The molecule has 0 amide bonds. The third kappa shape index (κ3) is 2.75. The van der Waals surface area contributed by atoms with Crippen molar-refractivity contribution in [2.75, 3.05) is 0 Å². The van der Waals surface area contributed by atoms with Crippen LogP contribution in [0.4, 0.5) is 0 Å². The second-order valence-corrected chi connectivity index (χ2v) is 4.37. The van der Waals surface area contributed by atoms with E-state index in [1.807, 2.05) is 42.5 Å². The Morgan fingerprint density at radius 1 is 0.950 bits per heavy atom. The summed E-state index contributed by atoms with van der Waals surface area (Å²) in [5, 5.41) is 16.5. The number of hydrogen-bond donors (Lipinski definition) is 2. The molecule has 98 valence electrons. The second kappa shape index (κ2) is 5.40. The van der Waals surface area contributed by atoms with Gasteiger partial charge in [-0.2, -0.15) is 5.10 Å². The number of benzene rings is 1. The summed E-state index contributed by atoms with van der Waals surface area (Å²) in [6.45, 7) is 0. The van der Waals surface area contributed by atoms with Gasteiger partial charge in [0, 0.05) is 18.0 Å². The van der Waals surface area contributed by atoms with E-state index in [1.54, 1.807) is 24.5 Å². The summed E-state index contributed by atoms with van der Waals surface area (Å²) < 4.78 is 0. The van der Waals surface area contributed by atoms with Gasteiger partial charge in [0.1, 0.15) is 5.75 Å². The number of nitrogens with zero attached hydrogens (tertiary/aromatic N) is 2. The van der Waals surface area contributed by atoms with E-state index < -0.39 is 0 Å². The Labute approximate surface area is 116 Å². The lowest BCUT2D eigenvalue weighted by molar-refractivity contribution is 0.475. The molecule has 2 N–H and O–H groups in total. The minimum Gasteiger partial charge on any atom is -0.508 e. The van der Waals surface area contributed by atoms with Gasteiger partial charge < -0.3 is 5.11 Å². The molecule has 0 atom stereocenters. The number of phenolic OH excluding ortho intramolecular Hbond substituents is 1. The molecule has 0 aliphatic carbocycles. The number of hydrogen-bond acceptors (Lipinski definition) is 3. The fourth-order valence-electron chi connectivity index (χ4n) is 1.86. The molecule has 4 nitrogen and oxygen atoms in total. The van der Waals surface area contributed by atoms with Crippen molar-refractivity contribution in [1.82, 2.24) is 15.2 Å². The first-order valence-corrected chi connectivity index (χ1v) is 6.24. The van der Waals surface area contributed by atoms with Crippen molar-refractivity contribution in [3.05, 3.63) is 66.1 Å². The summed E-state index contributed by atoms with van der Waals surface area (Å²) in [7, 11) is 0. The summed E-state index contributed by atoms with van der Waals surface area (Å²) in [5.41, 5.74) is 3.85. The third-order valence-electron chi connectivity index (χ3n) is 2.92. The van der Waals surface area contributed by atoms with E-state index in [0.717, 1.165) is 22.5 Å². The van der Waals surface area contributed by atoms with Gasteiger partial charge in [-0.3, -0.25) is 10.1 Å². The molecule has 0 saturated heterocycles. The van der Waals surface area contributed by atoms with Gasteiger partial charge in [-0.25, -0.2) is 0 Å². The average molecular weight is 263 g/mol. The second-order valence-electron chi connectivity index (χ2n) is 4.37. The van der Waals surface area contributed by atoms with E-state index in [2.05, 4.69) is 15.2 Å². The molecule has 0 aliphatic heterocycles. The monoisotopic (exact) mass is 263 g/mol. The fraction of sp³-hybridized carbons (Fsp3) is 0. The molecular weight excluding hydrogens is 250 g/mol. The van der Waals surface area contributed by atoms with Crippen molar-refractivity contribution in [2.24, 2.45) is 0 Å². The predicted octanol–water partition coefficient (Wildman–Crippen LogP) is 3.35. The van der Waals surface area contributed by atoms with Gasteiger partial charge in [0.05, 0.1) is 11.4 Å². The SMILES string of the molecule is Oc1ccc(/C=C/c2cc(-c3ccncc3)n[nH]2)cc1. The van der Waals surface area contributed by atoms with E-state index >= 15 is 0 Å². The van der Waals surface area contributed by atoms with E-state index in [1.165, 1.54) is 0 Å². The van der Waals surface area contributed by atoms with Crippen molar-refractivity contribution in [2.45, 2.75) is 0 Å². The quantitative estimate of drug-likeness (QED) is 0.761. The Morgan fingerprint density at radius 3 is 2.45 bits per heavy atom. The molecule has 0 fully saturated rings. The zero-order valence-corrected chi connectivity index (χ0v) is 10.7. The van der Waals surface area contributed by atoms with Crippen LogP contribution < -0.4 is 0 Å². The zero-order valence-electron chi connectivity index (χ0n) is 10.7. The number of aromatic amines is 1. The minimum absolute atomic E-state index is 0.267. The number of rotatable bonds is 3. The standard InChI is InChI=1S/C16H13N3O/c20-15-5-2-12(3-6-15)1-4-14-11-16(19-18-14)13-7-9-17-10-8-13/h1-11,20H,(H,18,19)/b4-1+. The molecule has 1 aromatic carbocycles. The number of nitrogens with one attached hydrogen (secondary N) is 1. The molecule has 0 unspecified atom stereocenters. The van der Waals surface area contributed by atoms with E-state index in [-0.39, 0.29) is 5.75 Å². The number of H-pyrrole nitrogens is 1. The maximum absolute atomic E-state index is 9.23. The number of aromatic nitrogens is 3. The first-order valence-electron chi connectivity index (χ1n) is 6.24. The Morgan fingerprint density at radius 2 is 1.70 bits per heavy atom. The van der Waals surface area contributed by atoms with Crippen LogP contribution in [-0.2, 0) is 0 Å². The highest BCUT2D eigenvalue weighted by atomic mass is 16.3. The van der Waals surface area contributed by atoms with E-state index in [4.69, 9.17) is 0 Å². The van der Waals surface area contributed by atoms with Crippen molar-refractivity contribution in [1.29, 1.82) is 0 Å². The molecular formula is C16H13N3O. The lowest BCUT2D eigenvalue weighted by Crippen LogP contribution is -1.77. The molecule has 0 spiro atoms. The molecule has 0 radical (unpaired) electrons. The van der Waals surface area contributed by atoms with Crippen LogP contribution in [0.5, 0.6) is 5.75 Å². The van der Waals surface area contributed by atoms with Crippen LogP contribution in [0.1, 0.15) is 11.3 Å². The fourth-order valence-corrected chi connectivity index (χ4v) is 1.86. The Hall–Kier alpha value is -2.88. The summed E-state index contributed by atoms with van der Waals surface area (Å²) in [5.74, 6) is 0.267. The van der Waals surface area contributed by atoms with Gasteiger partial charge in [0.25, 0.3) is 0 Å². The smallest absolute Gasteiger partial charge is 0.115 e. The summed E-state index contributed by atoms with van der Waals surface area (Å²) in [6, 6.07) is 12.8. The molecule has 0 aliphatic rings. The maximum Gasteiger partial charge on any atom is 0.115 e. The minimum atomic E-state index is 0.267. The molecule has 3 rings (SSSR count). The molecule has 2 heterocycles. The molecule has 0 saturated carbocycles. The van der Waals surface area contributed by atoms with Crippen LogP contribution >= 0.6 is 0 Å². The Bertz CT molecular complexity index is 715. The molecule has 4 heteroatoms. The number of pyridine rings is 1. The first-order chi connectivity index (χ1) is 9.81. The average Bonchev–Trinajstić information content (AvgIpc) is 2.97. The highest BCUT2D eigenvalue weighted by Gasteiger charge is 2.01.